The first kappa shape index (κ1) is 15.0. The van der Waals surface area contributed by atoms with Crippen LogP contribution in [0.2, 0.25) is 0 Å². The van der Waals surface area contributed by atoms with Gasteiger partial charge >= 0.3 is 0 Å². The Labute approximate surface area is 120 Å². The summed E-state index contributed by atoms with van der Waals surface area (Å²) in [5.41, 5.74) is 7.68. The first-order valence-electron chi connectivity index (χ1n) is 7.37. The molecule has 3 atom stereocenters. The summed E-state index contributed by atoms with van der Waals surface area (Å²) in [7, 11) is 0. The van der Waals surface area contributed by atoms with Crippen LogP contribution < -0.4 is 11.1 Å². The lowest BCUT2D eigenvalue weighted by atomic mass is 10.0. The van der Waals surface area contributed by atoms with E-state index in [0.29, 0.717) is 25.3 Å². The van der Waals surface area contributed by atoms with Crippen molar-refractivity contribution < 1.29 is 9.90 Å². The van der Waals surface area contributed by atoms with Gasteiger partial charge in [-0.1, -0.05) is 31.2 Å². The fourth-order valence-corrected chi connectivity index (χ4v) is 2.80. The summed E-state index contributed by atoms with van der Waals surface area (Å²) >= 11 is 0. The van der Waals surface area contributed by atoms with E-state index in [0.717, 1.165) is 24.0 Å². The number of rotatable bonds is 6. The highest BCUT2D eigenvalue weighted by Crippen LogP contribution is 2.31. The van der Waals surface area contributed by atoms with Gasteiger partial charge in [-0.05, 0) is 36.4 Å². The molecule has 1 amide bonds. The smallest absolute Gasteiger partial charge is 0.220 e. The summed E-state index contributed by atoms with van der Waals surface area (Å²) in [5.74, 6) is 0.473. The largest absolute Gasteiger partial charge is 0.390 e. The van der Waals surface area contributed by atoms with Gasteiger partial charge in [0.25, 0.3) is 0 Å². The van der Waals surface area contributed by atoms with Crippen molar-refractivity contribution in [1.82, 2.24) is 5.32 Å². The van der Waals surface area contributed by atoms with Gasteiger partial charge in [-0.25, -0.2) is 0 Å². The molecule has 0 radical (unpaired) electrons. The second-order valence-corrected chi connectivity index (χ2v) is 5.74. The minimum absolute atomic E-state index is 0.00891. The molecule has 0 spiro atoms. The molecule has 1 aliphatic rings. The Hall–Kier alpha value is -1.39. The second-order valence-electron chi connectivity index (χ2n) is 5.74. The van der Waals surface area contributed by atoms with Gasteiger partial charge in [-0.3, -0.25) is 4.79 Å². The number of hydrogen-bond donors (Lipinski definition) is 3. The molecule has 4 N–H and O–H groups in total. The lowest BCUT2D eigenvalue weighted by Gasteiger charge is -2.18. The number of amides is 1. The van der Waals surface area contributed by atoms with Crippen molar-refractivity contribution >= 4 is 5.91 Å². The summed E-state index contributed by atoms with van der Waals surface area (Å²) in [6, 6.07) is 7.63. The van der Waals surface area contributed by atoms with Crippen molar-refractivity contribution in [2.45, 2.75) is 44.8 Å². The molecule has 0 fully saturated rings. The molecule has 0 saturated heterocycles. The van der Waals surface area contributed by atoms with E-state index in [1.54, 1.807) is 0 Å². The average molecular weight is 276 g/mol. The van der Waals surface area contributed by atoms with Crippen molar-refractivity contribution in [3.8, 4) is 0 Å². The summed E-state index contributed by atoms with van der Waals surface area (Å²) in [5, 5.41) is 13.1. The Kier molecular flexibility index (Phi) is 5.15. The van der Waals surface area contributed by atoms with Crippen LogP contribution in [0.5, 0.6) is 0 Å². The lowest BCUT2D eigenvalue weighted by molar-refractivity contribution is -0.122. The summed E-state index contributed by atoms with van der Waals surface area (Å²) < 4.78 is 0. The minimum Gasteiger partial charge on any atom is -0.390 e. The van der Waals surface area contributed by atoms with Gasteiger partial charge in [0.2, 0.25) is 5.91 Å². The molecule has 0 aromatic heterocycles. The Morgan fingerprint density at radius 3 is 2.95 bits per heavy atom. The molecule has 0 heterocycles. The average Bonchev–Trinajstić information content (AvgIpc) is 2.73. The highest BCUT2D eigenvalue weighted by molar-refractivity contribution is 5.76. The third kappa shape index (κ3) is 3.58. The zero-order chi connectivity index (χ0) is 14.5. The summed E-state index contributed by atoms with van der Waals surface area (Å²) in [6.45, 7) is 2.78. The molecule has 1 aromatic rings. The van der Waals surface area contributed by atoms with E-state index in [2.05, 4.69) is 12.2 Å². The van der Waals surface area contributed by atoms with Crippen molar-refractivity contribution in [2.75, 3.05) is 6.54 Å². The number of aliphatic hydroxyl groups excluding tert-OH is 1. The predicted molar refractivity (Wildman–Crippen MR) is 79.1 cm³/mol. The molecule has 1 aromatic carbocycles. The van der Waals surface area contributed by atoms with Crippen LogP contribution >= 0.6 is 0 Å². The van der Waals surface area contributed by atoms with E-state index in [1.165, 1.54) is 0 Å². The number of carbonyl (C=O) groups is 1. The molecular formula is C16H24N2O2. The maximum Gasteiger partial charge on any atom is 0.220 e. The van der Waals surface area contributed by atoms with Crippen LogP contribution in [-0.4, -0.2) is 23.7 Å². The maximum atomic E-state index is 12.0. The minimum atomic E-state index is -0.516. The monoisotopic (exact) mass is 276 g/mol. The topological polar surface area (TPSA) is 75.4 Å². The van der Waals surface area contributed by atoms with Crippen LogP contribution in [0.25, 0.3) is 0 Å². The predicted octanol–water partition coefficient (Wildman–Crippen LogP) is 1.53. The van der Waals surface area contributed by atoms with Gasteiger partial charge in [0.05, 0.1) is 12.1 Å². The molecule has 2 rings (SSSR count). The highest BCUT2D eigenvalue weighted by atomic mass is 16.3. The van der Waals surface area contributed by atoms with E-state index in [4.69, 9.17) is 5.73 Å². The van der Waals surface area contributed by atoms with Gasteiger partial charge in [-0.15, -0.1) is 0 Å². The zero-order valence-electron chi connectivity index (χ0n) is 12.0. The van der Waals surface area contributed by atoms with Crippen molar-refractivity contribution in [1.29, 1.82) is 0 Å². The SMILES string of the molecule is CC(CCN)CCC(=O)N[C@H]1c2ccccc2C[C@H]1O. The van der Waals surface area contributed by atoms with Gasteiger partial charge < -0.3 is 16.2 Å². The molecule has 4 nitrogen and oxygen atoms in total. The van der Waals surface area contributed by atoms with Crippen LogP contribution in [0.15, 0.2) is 24.3 Å². The third-order valence-corrected chi connectivity index (χ3v) is 4.04. The van der Waals surface area contributed by atoms with Crippen LogP contribution in [0.1, 0.15) is 43.4 Å². The molecule has 4 heteroatoms. The normalized spacial score (nSPS) is 22.4. The van der Waals surface area contributed by atoms with Crippen LogP contribution in [0.4, 0.5) is 0 Å². The number of nitrogens with one attached hydrogen (secondary N) is 1. The van der Waals surface area contributed by atoms with Crippen LogP contribution in [-0.2, 0) is 11.2 Å². The van der Waals surface area contributed by atoms with Gasteiger partial charge in [0.15, 0.2) is 0 Å². The van der Waals surface area contributed by atoms with Crippen molar-refractivity contribution in [3.63, 3.8) is 0 Å². The Morgan fingerprint density at radius 1 is 1.45 bits per heavy atom. The molecule has 0 saturated carbocycles. The molecule has 110 valence electrons. The second kappa shape index (κ2) is 6.86. The van der Waals surface area contributed by atoms with Gasteiger partial charge in [0.1, 0.15) is 0 Å². The Morgan fingerprint density at radius 2 is 2.20 bits per heavy atom. The number of hydrogen-bond acceptors (Lipinski definition) is 3. The summed E-state index contributed by atoms with van der Waals surface area (Å²) in [4.78, 5) is 12.0. The van der Waals surface area contributed by atoms with Crippen molar-refractivity contribution in [3.05, 3.63) is 35.4 Å². The van der Waals surface area contributed by atoms with E-state index >= 15 is 0 Å². The third-order valence-electron chi connectivity index (χ3n) is 4.04. The van der Waals surface area contributed by atoms with Crippen LogP contribution in [0, 0.1) is 5.92 Å². The molecular weight excluding hydrogens is 252 g/mol. The maximum absolute atomic E-state index is 12.0. The number of nitrogens with two attached hydrogens (primary N) is 1. The lowest BCUT2D eigenvalue weighted by Crippen LogP contribution is -2.33. The number of benzene rings is 1. The van der Waals surface area contributed by atoms with Gasteiger partial charge in [0, 0.05) is 12.8 Å². The zero-order valence-corrected chi connectivity index (χ0v) is 12.0. The number of carbonyl (C=O) groups excluding carboxylic acids is 1. The first-order valence-corrected chi connectivity index (χ1v) is 7.37. The fraction of sp³-hybridized carbons (Fsp3) is 0.562. The first-order chi connectivity index (χ1) is 9.61. The van der Waals surface area contributed by atoms with Crippen LogP contribution in [0.3, 0.4) is 0 Å². The Balaban J connectivity index is 1.88. The van der Waals surface area contributed by atoms with E-state index in [-0.39, 0.29) is 11.9 Å². The number of fused-ring (bicyclic) bond motifs is 1. The molecule has 1 aliphatic carbocycles. The molecule has 0 aliphatic heterocycles. The quantitative estimate of drug-likeness (QED) is 0.737. The summed E-state index contributed by atoms with van der Waals surface area (Å²) in [6.07, 6.45) is 2.38. The van der Waals surface area contributed by atoms with E-state index in [1.807, 2.05) is 24.3 Å². The highest BCUT2D eigenvalue weighted by Gasteiger charge is 2.31. The molecule has 20 heavy (non-hydrogen) atoms. The molecule has 0 bridgehead atoms. The van der Waals surface area contributed by atoms with E-state index in [9.17, 15) is 9.90 Å². The molecule has 1 unspecified atom stereocenters. The van der Waals surface area contributed by atoms with Crippen molar-refractivity contribution in [2.24, 2.45) is 11.7 Å². The van der Waals surface area contributed by atoms with E-state index < -0.39 is 6.10 Å². The Bertz CT molecular complexity index is 462. The fourth-order valence-electron chi connectivity index (χ4n) is 2.80. The number of aliphatic hydroxyl groups is 1. The standard InChI is InChI=1S/C16H24N2O2/c1-11(8-9-17)6-7-15(20)18-16-13-5-3-2-4-12(13)10-14(16)19/h2-5,11,14,16,19H,6-10,17H2,1H3,(H,18,20)/t11?,14-,16+/m1/s1. The van der Waals surface area contributed by atoms with Gasteiger partial charge in [-0.2, -0.15) is 0 Å².